The number of unbranched alkanes of at least 4 members (excludes halogenated alkanes) is 2. The van der Waals surface area contributed by atoms with Gasteiger partial charge in [-0.2, -0.15) is 0 Å². The minimum Gasteiger partial charge on any atom is -0.497 e. The maximum Gasteiger partial charge on any atom is 0.220 e. The summed E-state index contributed by atoms with van der Waals surface area (Å²) in [5, 5.41) is 2.98. The molecule has 0 bridgehead atoms. The van der Waals surface area contributed by atoms with Crippen LogP contribution >= 0.6 is 0 Å². The molecular formula is C21H28N2O2. The number of hydrogen-bond donors (Lipinski definition) is 2. The fourth-order valence-electron chi connectivity index (χ4n) is 2.70. The first-order valence-electron chi connectivity index (χ1n) is 8.91. The summed E-state index contributed by atoms with van der Waals surface area (Å²) >= 11 is 0. The summed E-state index contributed by atoms with van der Waals surface area (Å²) in [4.78, 5) is 11.8. The predicted octanol–water partition coefficient (Wildman–Crippen LogP) is 3.74. The maximum atomic E-state index is 11.8. The Morgan fingerprint density at radius 3 is 2.24 bits per heavy atom. The van der Waals surface area contributed by atoms with Crippen molar-refractivity contribution in [1.29, 1.82) is 0 Å². The van der Waals surface area contributed by atoms with Gasteiger partial charge in [0.15, 0.2) is 0 Å². The average molecular weight is 340 g/mol. The lowest BCUT2D eigenvalue weighted by atomic mass is 10.1. The van der Waals surface area contributed by atoms with Crippen LogP contribution in [-0.4, -0.2) is 19.6 Å². The third kappa shape index (κ3) is 7.29. The van der Waals surface area contributed by atoms with Crippen LogP contribution in [0.25, 0.3) is 0 Å². The number of nitrogens with two attached hydrogens (primary N) is 1. The normalized spacial score (nSPS) is 10.4. The highest BCUT2D eigenvalue weighted by Crippen LogP contribution is 2.14. The molecule has 4 heteroatoms. The highest BCUT2D eigenvalue weighted by atomic mass is 16.5. The van der Waals surface area contributed by atoms with Gasteiger partial charge in [0.05, 0.1) is 7.11 Å². The van der Waals surface area contributed by atoms with E-state index < -0.39 is 0 Å². The number of ether oxygens (including phenoxy) is 1. The van der Waals surface area contributed by atoms with Crippen LogP contribution < -0.4 is 15.8 Å². The van der Waals surface area contributed by atoms with Crippen LogP contribution in [0.1, 0.15) is 36.8 Å². The highest BCUT2D eigenvalue weighted by Gasteiger charge is 2.02. The zero-order valence-electron chi connectivity index (χ0n) is 15.0. The highest BCUT2D eigenvalue weighted by molar-refractivity contribution is 5.75. The van der Waals surface area contributed by atoms with E-state index in [1.165, 1.54) is 11.1 Å². The fourth-order valence-corrected chi connectivity index (χ4v) is 2.70. The van der Waals surface area contributed by atoms with E-state index in [0.29, 0.717) is 13.0 Å². The van der Waals surface area contributed by atoms with Crippen molar-refractivity contribution >= 4 is 11.6 Å². The minimum atomic E-state index is 0.139. The van der Waals surface area contributed by atoms with Crippen LogP contribution in [0.2, 0.25) is 0 Å². The van der Waals surface area contributed by atoms with E-state index >= 15 is 0 Å². The molecule has 4 nitrogen and oxygen atoms in total. The molecule has 1 amide bonds. The van der Waals surface area contributed by atoms with Crippen molar-refractivity contribution in [2.75, 3.05) is 19.4 Å². The lowest BCUT2D eigenvalue weighted by Gasteiger charge is -2.06. The predicted molar refractivity (Wildman–Crippen MR) is 103 cm³/mol. The molecule has 25 heavy (non-hydrogen) atoms. The summed E-state index contributed by atoms with van der Waals surface area (Å²) in [6, 6.07) is 16.0. The van der Waals surface area contributed by atoms with Crippen molar-refractivity contribution in [3.8, 4) is 5.75 Å². The Balaban J connectivity index is 1.52. The topological polar surface area (TPSA) is 64.3 Å². The summed E-state index contributed by atoms with van der Waals surface area (Å²) < 4.78 is 5.15. The van der Waals surface area contributed by atoms with E-state index in [1.807, 2.05) is 36.4 Å². The molecule has 2 aromatic rings. The second-order valence-corrected chi connectivity index (χ2v) is 6.25. The molecule has 0 atom stereocenters. The molecular weight excluding hydrogens is 312 g/mol. The van der Waals surface area contributed by atoms with Crippen molar-refractivity contribution in [3.63, 3.8) is 0 Å². The Labute approximate surface area is 150 Å². The molecule has 2 aromatic carbocycles. The van der Waals surface area contributed by atoms with E-state index in [4.69, 9.17) is 10.5 Å². The number of amides is 1. The number of carbonyl (C=O) groups excluding carboxylic acids is 1. The Morgan fingerprint density at radius 1 is 0.920 bits per heavy atom. The van der Waals surface area contributed by atoms with Gasteiger partial charge in [0.1, 0.15) is 5.75 Å². The quantitative estimate of drug-likeness (QED) is 0.511. The molecule has 3 N–H and O–H groups in total. The smallest absolute Gasteiger partial charge is 0.220 e. The van der Waals surface area contributed by atoms with Crippen molar-refractivity contribution in [1.82, 2.24) is 5.32 Å². The van der Waals surface area contributed by atoms with E-state index in [1.54, 1.807) is 7.11 Å². The molecule has 0 heterocycles. The van der Waals surface area contributed by atoms with Crippen molar-refractivity contribution < 1.29 is 9.53 Å². The fraction of sp³-hybridized carbons (Fsp3) is 0.381. The lowest BCUT2D eigenvalue weighted by Crippen LogP contribution is -2.25. The summed E-state index contributed by atoms with van der Waals surface area (Å²) in [5.74, 6) is 1.03. The molecule has 0 aliphatic carbocycles. The van der Waals surface area contributed by atoms with E-state index in [0.717, 1.165) is 43.5 Å². The van der Waals surface area contributed by atoms with Crippen molar-refractivity contribution in [2.45, 2.75) is 38.5 Å². The molecule has 0 spiro atoms. The number of benzene rings is 2. The first-order chi connectivity index (χ1) is 12.2. The van der Waals surface area contributed by atoms with Crippen molar-refractivity contribution in [3.05, 3.63) is 59.7 Å². The second kappa shape index (κ2) is 10.4. The van der Waals surface area contributed by atoms with Crippen LogP contribution in [0, 0.1) is 0 Å². The number of nitrogens with one attached hydrogen (secondary N) is 1. The first kappa shape index (κ1) is 18.8. The van der Waals surface area contributed by atoms with Crippen molar-refractivity contribution in [2.24, 2.45) is 0 Å². The molecule has 0 radical (unpaired) electrons. The molecule has 0 unspecified atom stereocenters. The minimum absolute atomic E-state index is 0.139. The largest absolute Gasteiger partial charge is 0.497 e. The summed E-state index contributed by atoms with van der Waals surface area (Å²) in [6.45, 7) is 0.675. The molecule has 0 aromatic heterocycles. The van der Waals surface area contributed by atoms with Gasteiger partial charge in [-0.1, -0.05) is 30.7 Å². The number of methoxy groups -OCH3 is 1. The second-order valence-electron chi connectivity index (χ2n) is 6.25. The molecule has 2 rings (SSSR count). The number of hydrogen-bond acceptors (Lipinski definition) is 3. The van der Waals surface area contributed by atoms with Crippen LogP contribution in [0.3, 0.4) is 0 Å². The van der Waals surface area contributed by atoms with Gasteiger partial charge in [-0.3, -0.25) is 4.79 Å². The number of carbonyl (C=O) groups is 1. The SMILES string of the molecule is COc1ccc(CCCCCC(=O)NCCc2ccc(N)cc2)cc1. The molecule has 134 valence electrons. The molecule has 0 aliphatic rings. The summed E-state index contributed by atoms with van der Waals surface area (Å²) in [5.41, 5.74) is 8.93. The van der Waals surface area contributed by atoms with Gasteiger partial charge < -0.3 is 15.8 Å². The van der Waals surface area contributed by atoms with E-state index in [2.05, 4.69) is 17.4 Å². The van der Waals surface area contributed by atoms with Crippen LogP contribution in [0.15, 0.2) is 48.5 Å². The Morgan fingerprint density at radius 2 is 1.56 bits per heavy atom. The van der Waals surface area contributed by atoms with Gasteiger partial charge in [0.25, 0.3) is 0 Å². The van der Waals surface area contributed by atoms with Crippen LogP contribution in [0.5, 0.6) is 5.75 Å². The van der Waals surface area contributed by atoms with Crippen LogP contribution in [-0.2, 0) is 17.6 Å². The van der Waals surface area contributed by atoms with Gasteiger partial charge in [-0.15, -0.1) is 0 Å². The molecule has 0 aliphatic heterocycles. The Bertz CT molecular complexity index is 636. The third-order valence-electron chi connectivity index (χ3n) is 4.24. The number of anilines is 1. The number of nitrogen functional groups attached to an aromatic ring is 1. The van der Waals surface area contributed by atoms with Gasteiger partial charge in [0, 0.05) is 18.7 Å². The number of aryl methyl sites for hydroxylation is 1. The monoisotopic (exact) mass is 340 g/mol. The van der Waals surface area contributed by atoms with Gasteiger partial charge in [-0.05, 0) is 61.1 Å². The molecule has 0 saturated carbocycles. The van der Waals surface area contributed by atoms with E-state index in [9.17, 15) is 4.79 Å². The van der Waals surface area contributed by atoms with Gasteiger partial charge in [-0.25, -0.2) is 0 Å². The zero-order valence-corrected chi connectivity index (χ0v) is 15.0. The first-order valence-corrected chi connectivity index (χ1v) is 8.91. The Kier molecular flexibility index (Phi) is 7.83. The average Bonchev–Trinajstić information content (AvgIpc) is 2.63. The maximum absolute atomic E-state index is 11.8. The van der Waals surface area contributed by atoms with Gasteiger partial charge in [0.2, 0.25) is 5.91 Å². The van der Waals surface area contributed by atoms with Crippen LogP contribution in [0.4, 0.5) is 5.69 Å². The third-order valence-corrected chi connectivity index (χ3v) is 4.24. The Hall–Kier alpha value is -2.49. The molecule has 0 fully saturated rings. The zero-order chi connectivity index (χ0) is 17.9. The van der Waals surface area contributed by atoms with E-state index in [-0.39, 0.29) is 5.91 Å². The number of rotatable bonds is 10. The molecule has 0 saturated heterocycles. The van der Waals surface area contributed by atoms with Gasteiger partial charge >= 0.3 is 0 Å². The summed E-state index contributed by atoms with van der Waals surface area (Å²) in [7, 11) is 1.68. The lowest BCUT2D eigenvalue weighted by molar-refractivity contribution is -0.121. The summed E-state index contributed by atoms with van der Waals surface area (Å²) in [6.07, 6.45) is 5.59. The standard InChI is InChI=1S/C21H28N2O2/c1-25-20-13-9-17(10-14-20)5-3-2-4-6-21(24)23-16-15-18-7-11-19(22)12-8-18/h7-14H,2-6,15-16,22H2,1H3,(H,23,24).